The third-order valence-corrected chi connectivity index (χ3v) is 7.58. The smallest absolute Gasteiger partial charge is 0.416 e. The number of halogens is 4. The van der Waals surface area contributed by atoms with Gasteiger partial charge in [-0.25, -0.2) is 4.39 Å². The molecule has 0 saturated carbocycles. The van der Waals surface area contributed by atoms with E-state index in [-0.39, 0.29) is 11.8 Å². The SMILES string of the molecule is CCCCCCCCCC(=O)OCCN1CCN(c2cn(-c3ccc(F)cc3)c3ccc(C(F)(F)F)cc23)CC1. The normalized spacial score (nSPS) is 14.7. The summed E-state index contributed by atoms with van der Waals surface area (Å²) in [5.41, 5.74) is 1.32. The van der Waals surface area contributed by atoms with Gasteiger partial charge in [0.25, 0.3) is 0 Å². The fourth-order valence-electron chi connectivity index (χ4n) is 5.26. The molecule has 0 atom stereocenters. The van der Waals surface area contributed by atoms with E-state index < -0.39 is 11.7 Å². The Kier molecular flexibility index (Phi) is 10.5. The number of hydrogen-bond acceptors (Lipinski definition) is 4. The molecule has 3 aromatic rings. The number of hydrogen-bond donors (Lipinski definition) is 0. The maximum atomic E-state index is 13.5. The van der Waals surface area contributed by atoms with Crippen molar-refractivity contribution in [2.24, 2.45) is 0 Å². The molecule has 5 nitrogen and oxygen atoms in total. The topological polar surface area (TPSA) is 37.7 Å². The Labute approximate surface area is 233 Å². The molecule has 0 bridgehead atoms. The Hall–Kier alpha value is -3.07. The van der Waals surface area contributed by atoms with Gasteiger partial charge in [0.1, 0.15) is 12.4 Å². The highest BCUT2D eigenvalue weighted by Gasteiger charge is 2.32. The summed E-state index contributed by atoms with van der Waals surface area (Å²) in [4.78, 5) is 16.4. The third kappa shape index (κ3) is 7.99. The maximum absolute atomic E-state index is 13.5. The van der Waals surface area contributed by atoms with Crippen molar-refractivity contribution in [1.82, 2.24) is 9.47 Å². The van der Waals surface area contributed by atoms with Crippen LogP contribution in [0.2, 0.25) is 0 Å². The van der Waals surface area contributed by atoms with Crippen LogP contribution in [0.1, 0.15) is 63.9 Å². The van der Waals surface area contributed by atoms with Crippen LogP contribution < -0.4 is 4.90 Å². The summed E-state index contributed by atoms with van der Waals surface area (Å²) in [5.74, 6) is -0.527. The minimum atomic E-state index is -4.45. The minimum Gasteiger partial charge on any atom is -0.464 e. The Morgan fingerprint density at radius 1 is 0.900 bits per heavy atom. The number of unbranched alkanes of at least 4 members (excludes halogenated alkanes) is 6. The van der Waals surface area contributed by atoms with Crippen molar-refractivity contribution in [1.29, 1.82) is 0 Å². The van der Waals surface area contributed by atoms with E-state index in [4.69, 9.17) is 4.74 Å². The van der Waals surface area contributed by atoms with E-state index >= 15 is 0 Å². The summed E-state index contributed by atoms with van der Waals surface area (Å²) < 4.78 is 61.3. The van der Waals surface area contributed by atoms with Crippen LogP contribution in [0.25, 0.3) is 16.6 Å². The molecule has 2 aromatic carbocycles. The van der Waals surface area contributed by atoms with Gasteiger partial charge in [0.2, 0.25) is 0 Å². The molecular weight excluding hydrogens is 522 g/mol. The van der Waals surface area contributed by atoms with Gasteiger partial charge < -0.3 is 14.2 Å². The lowest BCUT2D eigenvalue weighted by atomic mass is 10.1. The van der Waals surface area contributed by atoms with Crippen LogP contribution in [0.3, 0.4) is 0 Å². The molecule has 40 heavy (non-hydrogen) atoms. The van der Waals surface area contributed by atoms with Crippen LogP contribution in [-0.4, -0.2) is 54.8 Å². The molecule has 0 N–H and O–H groups in total. The highest BCUT2D eigenvalue weighted by molar-refractivity contribution is 5.95. The van der Waals surface area contributed by atoms with Crippen LogP contribution >= 0.6 is 0 Å². The lowest BCUT2D eigenvalue weighted by molar-refractivity contribution is -0.144. The van der Waals surface area contributed by atoms with Gasteiger partial charge in [-0.05, 0) is 48.9 Å². The molecule has 9 heteroatoms. The van der Waals surface area contributed by atoms with Crippen molar-refractivity contribution in [3.8, 4) is 5.69 Å². The third-order valence-electron chi connectivity index (χ3n) is 7.58. The molecule has 1 aliphatic heterocycles. The first kappa shape index (κ1) is 29.9. The van der Waals surface area contributed by atoms with Gasteiger partial charge in [0.05, 0.1) is 16.8 Å². The average molecular weight is 562 g/mol. The Morgan fingerprint density at radius 2 is 1.57 bits per heavy atom. The number of esters is 1. The van der Waals surface area contributed by atoms with Gasteiger partial charge in [0.15, 0.2) is 0 Å². The van der Waals surface area contributed by atoms with Gasteiger partial charge in [-0.3, -0.25) is 9.69 Å². The number of rotatable bonds is 13. The number of nitrogens with zero attached hydrogens (tertiary/aromatic N) is 3. The number of piperazine rings is 1. The Morgan fingerprint density at radius 3 is 2.25 bits per heavy atom. The first-order chi connectivity index (χ1) is 19.3. The molecular formula is C31H39F4N3O2. The molecule has 0 radical (unpaired) electrons. The van der Waals surface area contributed by atoms with E-state index in [1.807, 2.05) is 6.20 Å². The first-order valence-corrected chi connectivity index (χ1v) is 14.4. The van der Waals surface area contributed by atoms with E-state index in [9.17, 15) is 22.4 Å². The Bertz CT molecular complexity index is 1230. The number of anilines is 1. The van der Waals surface area contributed by atoms with Crippen molar-refractivity contribution < 1.29 is 27.1 Å². The lowest BCUT2D eigenvalue weighted by Gasteiger charge is -2.35. The van der Waals surface area contributed by atoms with Crippen molar-refractivity contribution >= 4 is 22.6 Å². The second kappa shape index (κ2) is 14.0. The van der Waals surface area contributed by atoms with Crippen LogP contribution in [0.5, 0.6) is 0 Å². The summed E-state index contributed by atoms with van der Waals surface area (Å²) in [6, 6.07) is 9.66. The first-order valence-electron chi connectivity index (χ1n) is 14.4. The van der Waals surface area contributed by atoms with Crippen LogP contribution in [-0.2, 0) is 15.7 Å². The summed E-state index contributed by atoms with van der Waals surface area (Å²) >= 11 is 0. The van der Waals surface area contributed by atoms with Crippen molar-refractivity contribution in [3.05, 3.63) is 60.0 Å². The molecule has 1 saturated heterocycles. The highest BCUT2D eigenvalue weighted by Crippen LogP contribution is 2.37. The molecule has 2 heterocycles. The zero-order chi connectivity index (χ0) is 28.5. The number of aromatic nitrogens is 1. The Balaban J connectivity index is 1.32. The monoisotopic (exact) mass is 561 g/mol. The summed E-state index contributed by atoms with van der Waals surface area (Å²) in [6.45, 7) is 5.84. The second-order valence-corrected chi connectivity index (χ2v) is 10.5. The molecule has 1 aromatic heterocycles. The molecule has 0 unspecified atom stereocenters. The summed E-state index contributed by atoms with van der Waals surface area (Å²) in [5, 5.41) is 0.506. The van der Waals surface area contributed by atoms with Crippen LogP contribution in [0.15, 0.2) is 48.7 Å². The molecule has 1 fully saturated rings. The fraction of sp³-hybridized carbons (Fsp3) is 0.516. The van der Waals surface area contributed by atoms with Gasteiger partial charge in [0, 0.05) is 56.4 Å². The van der Waals surface area contributed by atoms with Crippen LogP contribution in [0.4, 0.5) is 23.2 Å². The zero-order valence-electron chi connectivity index (χ0n) is 23.2. The van der Waals surface area contributed by atoms with Crippen molar-refractivity contribution in [2.45, 2.75) is 64.5 Å². The van der Waals surface area contributed by atoms with E-state index in [0.717, 1.165) is 25.3 Å². The lowest BCUT2D eigenvalue weighted by Crippen LogP contribution is -2.47. The molecule has 0 spiro atoms. The fourth-order valence-corrected chi connectivity index (χ4v) is 5.26. The molecule has 1 aliphatic rings. The highest BCUT2D eigenvalue weighted by atomic mass is 19.4. The van der Waals surface area contributed by atoms with Gasteiger partial charge in [-0.2, -0.15) is 13.2 Å². The summed E-state index contributed by atoms with van der Waals surface area (Å²) in [6.07, 6.45) is 5.92. The molecule has 0 amide bonds. The average Bonchev–Trinajstić information content (AvgIpc) is 3.32. The zero-order valence-corrected chi connectivity index (χ0v) is 23.2. The second-order valence-electron chi connectivity index (χ2n) is 10.5. The van der Waals surface area contributed by atoms with E-state index in [2.05, 4.69) is 16.7 Å². The molecule has 4 rings (SSSR count). The van der Waals surface area contributed by atoms with Gasteiger partial charge in [-0.1, -0.05) is 45.4 Å². The van der Waals surface area contributed by atoms with Gasteiger partial charge >= 0.3 is 12.1 Å². The number of alkyl halides is 3. The molecule has 218 valence electrons. The van der Waals surface area contributed by atoms with Gasteiger partial charge in [-0.15, -0.1) is 0 Å². The minimum absolute atomic E-state index is 0.152. The number of benzene rings is 2. The van der Waals surface area contributed by atoms with E-state index in [1.165, 1.54) is 49.9 Å². The number of ether oxygens (including phenoxy) is 1. The quantitative estimate of drug-likeness (QED) is 0.122. The largest absolute Gasteiger partial charge is 0.464 e. The summed E-state index contributed by atoms with van der Waals surface area (Å²) in [7, 11) is 0. The predicted octanol–water partition coefficient (Wildman–Crippen LogP) is 7.59. The number of carbonyl (C=O) groups excluding carboxylic acids is 1. The van der Waals surface area contributed by atoms with E-state index in [0.29, 0.717) is 68.0 Å². The van der Waals surface area contributed by atoms with Crippen molar-refractivity contribution in [2.75, 3.05) is 44.2 Å². The van der Waals surface area contributed by atoms with E-state index in [1.54, 1.807) is 16.7 Å². The predicted molar refractivity (Wildman–Crippen MR) is 150 cm³/mol. The number of carbonyl (C=O) groups is 1. The van der Waals surface area contributed by atoms with Crippen LogP contribution in [0, 0.1) is 5.82 Å². The number of fused-ring (bicyclic) bond motifs is 1. The standard InChI is InChI=1S/C31H39F4N3O2/c1-2-3-4-5-6-7-8-9-30(39)40-21-20-36-16-18-37(19-17-36)29-23-38(26-13-11-25(32)12-14-26)28-15-10-24(22-27(28)29)31(33,34)35/h10-15,22-23H,2-9,16-21H2,1H3. The van der Waals surface area contributed by atoms with Crippen molar-refractivity contribution in [3.63, 3.8) is 0 Å². The molecule has 0 aliphatic carbocycles. The maximum Gasteiger partial charge on any atom is 0.416 e.